The second kappa shape index (κ2) is 4.61. The van der Waals surface area contributed by atoms with Gasteiger partial charge in [-0.1, -0.05) is 6.92 Å². The molecule has 0 aliphatic carbocycles. The van der Waals surface area contributed by atoms with Crippen molar-refractivity contribution >= 4 is 5.91 Å². The number of hydrogen-bond acceptors (Lipinski definition) is 2. The van der Waals surface area contributed by atoms with E-state index >= 15 is 0 Å². The van der Waals surface area contributed by atoms with Gasteiger partial charge in [0.15, 0.2) is 0 Å². The fraction of sp³-hybridized carbons (Fsp3) is 0.900. The average molecular weight is 184 g/mol. The number of rotatable bonds is 4. The number of nitrogens with one attached hydrogen (secondary N) is 1. The van der Waals surface area contributed by atoms with Gasteiger partial charge in [0.2, 0.25) is 5.91 Å². The van der Waals surface area contributed by atoms with Crippen LogP contribution in [0.25, 0.3) is 0 Å². The summed E-state index contributed by atoms with van der Waals surface area (Å²) >= 11 is 0. The van der Waals surface area contributed by atoms with Crippen molar-refractivity contribution in [3.8, 4) is 0 Å². The Bertz CT molecular complexity index is 176. The van der Waals surface area contributed by atoms with E-state index < -0.39 is 0 Å². The maximum absolute atomic E-state index is 11.8. The van der Waals surface area contributed by atoms with E-state index in [0.717, 1.165) is 26.1 Å². The van der Waals surface area contributed by atoms with Crippen LogP contribution < -0.4 is 5.32 Å². The lowest BCUT2D eigenvalue weighted by Gasteiger charge is -2.34. The topological polar surface area (TPSA) is 32.3 Å². The van der Waals surface area contributed by atoms with E-state index in [0.29, 0.717) is 11.9 Å². The first-order chi connectivity index (χ1) is 6.16. The van der Waals surface area contributed by atoms with Crippen LogP contribution in [0.4, 0.5) is 0 Å². The molecule has 76 valence electrons. The zero-order valence-corrected chi connectivity index (χ0v) is 8.84. The molecule has 1 rings (SSSR count). The first kappa shape index (κ1) is 10.5. The fourth-order valence-corrected chi connectivity index (χ4v) is 1.56. The van der Waals surface area contributed by atoms with Gasteiger partial charge in [0, 0.05) is 25.7 Å². The van der Waals surface area contributed by atoms with Crippen LogP contribution in [-0.2, 0) is 4.79 Å². The monoisotopic (exact) mass is 184 g/mol. The van der Waals surface area contributed by atoms with E-state index in [1.165, 1.54) is 0 Å². The molecule has 1 aliphatic heterocycles. The van der Waals surface area contributed by atoms with Crippen LogP contribution in [0.15, 0.2) is 0 Å². The molecule has 0 aromatic carbocycles. The lowest BCUT2D eigenvalue weighted by Crippen LogP contribution is -2.53. The summed E-state index contributed by atoms with van der Waals surface area (Å²) < 4.78 is 0. The largest absolute Gasteiger partial charge is 0.340 e. The fourth-order valence-electron chi connectivity index (χ4n) is 1.56. The van der Waals surface area contributed by atoms with Crippen molar-refractivity contribution in [1.29, 1.82) is 0 Å². The third-order valence-electron chi connectivity index (χ3n) is 2.50. The molecule has 0 saturated carbocycles. The molecular weight excluding hydrogens is 164 g/mol. The summed E-state index contributed by atoms with van der Waals surface area (Å²) in [6.07, 6.45) is 1.05. The van der Waals surface area contributed by atoms with Gasteiger partial charge in [-0.3, -0.25) is 4.79 Å². The lowest BCUT2D eigenvalue weighted by atomic mass is 10.0. The van der Waals surface area contributed by atoms with E-state index in [9.17, 15) is 4.79 Å². The summed E-state index contributed by atoms with van der Waals surface area (Å²) in [4.78, 5) is 13.8. The van der Waals surface area contributed by atoms with Crippen molar-refractivity contribution in [2.75, 3.05) is 19.6 Å². The molecule has 1 heterocycles. The Morgan fingerprint density at radius 3 is 2.46 bits per heavy atom. The Morgan fingerprint density at radius 2 is 2.15 bits per heavy atom. The van der Waals surface area contributed by atoms with Crippen LogP contribution in [-0.4, -0.2) is 36.5 Å². The Labute approximate surface area is 80.5 Å². The first-order valence-electron chi connectivity index (χ1n) is 5.18. The van der Waals surface area contributed by atoms with E-state index in [1.54, 1.807) is 0 Å². The van der Waals surface area contributed by atoms with Crippen molar-refractivity contribution in [3.63, 3.8) is 0 Å². The smallest absolute Gasteiger partial charge is 0.228 e. The molecule has 1 amide bonds. The van der Waals surface area contributed by atoms with Crippen molar-refractivity contribution < 1.29 is 4.79 Å². The number of hydrogen-bond donors (Lipinski definition) is 1. The summed E-state index contributed by atoms with van der Waals surface area (Å²) in [5.74, 6) is 0.574. The van der Waals surface area contributed by atoms with Crippen LogP contribution in [0.2, 0.25) is 0 Å². The molecule has 0 aromatic heterocycles. The zero-order valence-electron chi connectivity index (χ0n) is 8.84. The van der Waals surface area contributed by atoms with E-state index in [2.05, 4.69) is 26.1 Å². The molecule has 1 saturated heterocycles. The second-order valence-electron chi connectivity index (χ2n) is 3.98. The molecule has 3 nitrogen and oxygen atoms in total. The van der Waals surface area contributed by atoms with Gasteiger partial charge in [-0.05, 0) is 20.3 Å². The summed E-state index contributed by atoms with van der Waals surface area (Å²) in [7, 11) is 0. The molecule has 0 radical (unpaired) electrons. The zero-order chi connectivity index (χ0) is 9.84. The standard InChI is InChI=1S/C10H20N2O/c1-4-5-12(8(2)3)10(13)9-6-11-7-9/h8-9,11H,4-7H2,1-3H3. The second-order valence-corrected chi connectivity index (χ2v) is 3.98. The minimum absolute atomic E-state index is 0.244. The SMILES string of the molecule is CCCN(C(=O)C1CNC1)C(C)C. The molecule has 13 heavy (non-hydrogen) atoms. The van der Waals surface area contributed by atoms with Gasteiger partial charge >= 0.3 is 0 Å². The van der Waals surface area contributed by atoms with Crippen molar-refractivity contribution in [1.82, 2.24) is 10.2 Å². The van der Waals surface area contributed by atoms with Gasteiger partial charge in [-0.15, -0.1) is 0 Å². The molecule has 1 fully saturated rings. The molecule has 1 aliphatic rings. The van der Waals surface area contributed by atoms with Crippen molar-refractivity contribution in [2.45, 2.75) is 33.2 Å². The Kier molecular flexibility index (Phi) is 3.72. The number of carbonyl (C=O) groups is 1. The summed E-state index contributed by atoms with van der Waals surface area (Å²) in [5, 5.41) is 3.13. The van der Waals surface area contributed by atoms with Crippen molar-refractivity contribution in [2.24, 2.45) is 5.92 Å². The molecule has 0 spiro atoms. The number of nitrogens with zero attached hydrogens (tertiary/aromatic N) is 1. The summed E-state index contributed by atoms with van der Waals surface area (Å²) in [6.45, 7) is 8.91. The molecule has 0 unspecified atom stereocenters. The summed E-state index contributed by atoms with van der Waals surface area (Å²) in [6, 6.07) is 0.341. The van der Waals surface area contributed by atoms with Gasteiger partial charge in [-0.2, -0.15) is 0 Å². The maximum Gasteiger partial charge on any atom is 0.228 e. The quantitative estimate of drug-likeness (QED) is 0.702. The minimum atomic E-state index is 0.244. The molecular formula is C10H20N2O. The summed E-state index contributed by atoms with van der Waals surface area (Å²) in [5.41, 5.74) is 0. The van der Waals surface area contributed by atoms with Gasteiger partial charge in [0.05, 0.1) is 5.92 Å². The predicted octanol–water partition coefficient (Wildman–Crippen LogP) is 0.853. The van der Waals surface area contributed by atoms with Crippen molar-refractivity contribution in [3.05, 3.63) is 0 Å². The van der Waals surface area contributed by atoms with E-state index in [1.807, 2.05) is 4.90 Å². The maximum atomic E-state index is 11.8. The normalized spacial score (nSPS) is 17.2. The highest BCUT2D eigenvalue weighted by Gasteiger charge is 2.29. The number of carbonyl (C=O) groups excluding carboxylic acids is 1. The minimum Gasteiger partial charge on any atom is -0.340 e. The van der Waals surface area contributed by atoms with Crippen LogP contribution in [0.5, 0.6) is 0 Å². The lowest BCUT2D eigenvalue weighted by molar-refractivity contribution is -0.138. The van der Waals surface area contributed by atoms with Gasteiger partial charge in [-0.25, -0.2) is 0 Å². The van der Waals surface area contributed by atoms with Crippen LogP contribution in [0.3, 0.4) is 0 Å². The predicted molar refractivity (Wildman–Crippen MR) is 53.5 cm³/mol. The van der Waals surface area contributed by atoms with Crippen LogP contribution >= 0.6 is 0 Å². The highest BCUT2D eigenvalue weighted by atomic mass is 16.2. The Morgan fingerprint density at radius 1 is 1.54 bits per heavy atom. The third kappa shape index (κ3) is 2.44. The van der Waals surface area contributed by atoms with E-state index in [-0.39, 0.29) is 5.92 Å². The highest BCUT2D eigenvalue weighted by molar-refractivity contribution is 5.80. The van der Waals surface area contributed by atoms with Crippen LogP contribution in [0.1, 0.15) is 27.2 Å². The van der Waals surface area contributed by atoms with E-state index in [4.69, 9.17) is 0 Å². The third-order valence-corrected chi connectivity index (χ3v) is 2.50. The average Bonchev–Trinajstić information content (AvgIpc) is 1.95. The van der Waals surface area contributed by atoms with Gasteiger partial charge < -0.3 is 10.2 Å². The Hall–Kier alpha value is -0.570. The first-order valence-corrected chi connectivity index (χ1v) is 5.18. The molecule has 0 aromatic rings. The Balaban J connectivity index is 2.47. The van der Waals surface area contributed by atoms with Crippen LogP contribution in [0, 0.1) is 5.92 Å². The number of amides is 1. The molecule has 0 bridgehead atoms. The molecule has 0 atom stereocenters. The highest BCUT2D eigenvalue weighted by Crippen LogP contribution is 2.11. The molecule has 1 N–H and O–H groups in total. The van der Waals surface area contributed by atoms with Gasteiger partial charge in [0.1, 0.15) is 0 Å². The molecule has 3 heteroatoms. The van der Waals surface area contributed by atoms with Gasteiger partial charge in [0.25, 0.3) is 0 Å².